The van der Waals surface area contributed by atoms with E-state index in [1.54, 1.807) is 12.1 Å². The predicted molar refractivity (Wildman–Crippen MR) is 316 cm³/mol. The average molecular weight is 1060 g/mol. The van der Waals surface area contributed by atoms with Gasteiger partial charge >= 0.3 is 18.9 Å². The van der Waals surface area contributed by atoms with Crippen molar-refractivity contribution < 1.29 is 42.2 Å². The molecule has 0 aliphatic rings. The second kappa shape index (κ2) is 25.5. The van der Waals surface area contributed by atoms with Crippen LogP contribution in [0.5, 0.6) is 5.75 Å². The number of hydrogen-bond donors (Lipinski definition) is 0. The fourth-order valence-electron chi connectivity index (χ4n) is 9.23. The molecule has 0 saturated heterocycles. The summed E-state index contributed by atoms with van der Waals surface area (Å²) in [4.78, 5) is 0. The Morgan fingerprint density at radius 1 is 0.184 bits per heavy atom. The van der Waals surface area contributed by atoms with Crippen molar-refractivity contribution in [1.82, 2.24) is 0 Å². The summed E-state index contributed by atoms with van der Waals surface area (Å²) in [6.07, 6.45) is 0. The van der Waals surface area contributed by atoms with E-state index in [4.69, 9.17) is 0 Å². The van der Waals surface area contributed by atoms with Gasteiger partial charge in [0.2, 0.25) is 0 Å². The maximum absolute atomic E-state index is 15.2. The van der Waals surface area contributed by atoms with E-state index in [1.807, 2.05) is 297 Å². The van der Waals surface area contributed by atoms with Gasteiger partial charge in [0.25, 0.3) is 0 Å². The fraction of sp³-hybridized carbons (Fsp3) is 0. The van der Waals surface area contributed by atoms with Crippen molar-refractivity contribution in [1.29, 1.82) is 0 Å². The molecule has 0 spiro atoms. The van der Waals surface area contributed by atoms with Crippen LogP contribution >= 0.6 is 28.6 Å². The summed E-state index contributed by atoms with van der Waals surface area (Å²) in [5.41, 5.74) is 0. The molecule has 5 nitrogen and oxygen atoms in total. The molecule has 0 unspecified atom stereocenters. The molecule has 0 aromatic heterocycles. The van der Waals surface area contributed by atoms with E-state index in [1.165, 1.54) is 12.1 Å². The summed E-state index contributed by atoms with van der Waals surface area (Å²) in [5, 5.41) is 18.5. The number of benzene rings is 11. The minimum absolute atomic E-state index is 0. The fourth-order valence-corrected chi connectivity index (χ4v) is 21.8. The van der Waals surface area contributed by atoms with Gasteiger partial charge in [-0.3, -0.25) is 0 Å². The molecule has 0 N–H and O–H groups in total. The third-order valence-electron chi connectivity index (χ3n) is 12.8. The topological polar surface area (TPSA) is 91.3 Å². The smallest absolute Gasteiger partial charge is 0.872 e. The van der Waals surface area contributed by atoms with Gasteiger partial charge in [-0.05, 0) is 0 Å². The van der Waals surface area contributed by atoms with E-state index in [-0.39, 0.29) is 24.6 Å². The molecule has 0 bridgehead atoms. The summed E-state index contributed by atoms with van der Waals surface area (Å²) in [7, 11) is -13.3. The van der Waals surface area contributed by atoms with Crippen LogP contribution in [0.15, 0.2) is 322 Å². The first-order valence-electron chi connectivity index (χ1n) is 24.5. The van der Waals surface area contributed by atoms with Crippen LogP contribution in [0.3, 0.4) is 0 Å². The van der Waals surface area contributed by atoms with E-state index in [0.717, 1.165) is 42.4 Å². The molecule has 0 heterocycles. The Morgan fingerprint density at radius 2 is 0.303 bits per heavy atom. The maximum atomic E-state index is 15.2. The monoisotopic (exact) mass is 1060 g/mol. The molecule has 0 aliphatic heterocycles. The summed E-state index contributed by atoms with van der Waals surface area (Å²) in [6, 6.07) is 99.7. The van der Waals surface area contributed by atoms with Crippen LogP contribution in [0.2, 0.25) is 0 Å². The van der Waals surface area contributed by atoms with Crippen molar-refractivity contribution in [2.24, 2.45) is 0 Å². The third-order valence-corrected chi connectivity index (χ3v) is 25.7. The standard InChI is InChI=1S/2C30H24O2P2.C6H6O.Li/c2*31-33(25-15-5-1-6-16-25,26-17-7-2-8-18-26)29-23-13-14-24-30(29)34(32,27-19-9-3-10-20-27)28-21-11-4-12-22-28;7-6-4-2-1-3-5-6;/h2*1-24H;1-5,7H;/q;;;+1/p-1. The predicted octanol–water partition coefficient (Wildman–Crippen LogP) is 7.70. The van der Waals surface area contributed by atoms with Crippen molar-refractivity contribution in [3.8, 4) is 5.75 Å². The summed E-state index contributed by atoms with van der Waals surface area (Å²) in [6.45, 7) is 0. The van der Waals surface area contributed by atoms with Gasteiger partial charge in [-0.1, -0.05) is 322 Å². The molecule has 0 amide bonds. The first kappa shape index (κ1) is 55.0. The maximum Gasteiger partial charge on any atom is 1.00 e. The zero-order valence-corrected chi connectivity index (χ0v) is 45.5. The zero-order valence-electron chi connectivity index (χ0n) is 41.9. The molecule has 0 fully saturated rings. The van der Waals surface area contributed by atoms with Crippen LogP contribution in [0, 0.1) is 0 Å². The molecular weight excluding hydrogens is 1000 g/mol. The Balaban J connectivity index is 0.000000176. The van der Waals surface area contributed by atoms with Gasteiger partial charge in [-0.2, -0.15) is 0 Å². The van der Waals surface area contributed by atoms with Gasteiger partial charge in [0, 0.05) is 63.7 Å². The quantitative estimate of drug-likeness (QED) is 0.0926. The Bertz CT molecular complexity index is 3130. The Hall–Kier alpha value is -7.26. The van der Waals surface area contributed by atoms with Gasteiger partial charge in [0.05, 0.1) is 0 Å². The SMILES string of the molecule is O=P(c1ccccc1)(c1ccccc1)c1ccccc1P(=O)(c1ccccc1)c1ccccc1.O=P(c1ccccc1)(c1ccccc1)c1ccccc1P(=O)(c1ccccc1)c1ccccc1.[Li+].[O-]c1ccccc1. The van der Waals surface area contributed by atoms with E-state index < -0.39 is 28.6 Å². The minimum atomic E-state index is -3.32. The Kier molecular flexibility index (Phi) is 18.5. The van der Waals surface area contributed by atoms with Crippen molar-refractivity contribution in [2.75, 3.05) is 0 Å². The molecule has 368 valence electrons. The normalized spacial score (nSPS) is 11.3. The molecule has 76 heavy (non-hydrogen) atoms. The van der Waals surface area contributed by atoms with Crippen molar-refractivity contribution in [3.63, 3.8) is 0 Å². The average Bonchev–Trinajstić information content (AvgIpc) is 3.53. The van der Waals surface area contributed by atoms with E-state index in [0.29, 0.717) is 21.2 Å². The van der Waals surface area contributed by atoms with Crippen LogP contribution < -0.4 is 87.6 Å². The third kappa shape index (κ3) is 11.4. The molecule has 10 heteroatoms. The van der Waals surface area contributed by atoms with Crippen molar-refractivity contribution in [2.45, 2.75) is 0 Å². The van der Waals surface area contributed by atoms with Crippen LogP contribution in [0.4, 0.5) is 0 Å². The molecular formula is C66H53LiO5P4. The first-order chi connectivity index (χ1) is 36.7. The van der Waals surface area contributed by atoms with E-state index in [9.17, 15) is 5.11 Å². The van der Waals surface area contributed by atoms with Crippen LogP contribution in [-0.2, 0) is 18.3 Å². The van der Waals surface area contributed by atoms with Crippen LogP contribution in [-0.4, -0.2) is 0 Å². The Morgan fingerprint density at radius 3 is 0.421 bits per heavy atom. The Labute approximate surface area is 458 Å². The number of rotatable bonds is 12. The van der Waals surface area contributed by atoms with Gasteiger partial charge in [0.15, 0.2) is 28.6 Å². The largest absolute Gasteiger partial charge is 1.00 e. The zero-order chi connectivity index (χ0) is 52.0. The van der Waals surface area contributed by atoms with Crippen molar-refractivity contribution >= 4 is 92.2 Å². The second-order valence-electron chi connectivity index (χ2n) is 17.4. The number of hydrogen-bond acceptors (Lipinski definition) is 5. The first-order valence-corrected chi connectivity index (χ1v) is 31.3. The molecule has 11 aromatic carbocycles. The summed E-state index contributed by atoms with van der Waals surface area (Å²) in [5.74, 6) is 0.0718. The molecule has 0 atom stereocenters. The van der Waals surface area contributed by atoms with E-state index >= 15 is 18.3 Å². The van der Waals surface area contributed by atoms with Crippen LogP contribution in [0.25, 0.3) is 0 Å². The summed E-state index contributed by atoms with van der Waals surface area (Å²) >= 11 is 0. The van der Waals surface area contributed by atoms with Gasteiger partial charge in [0.1, 0.15) is 0 Å². The molecule has 0 radical (unpaired) electrons. The van der Waals surface area contributed by atoms with Gasteiger partial charge in [-0.15, -0.1) is 5.75 Å². The molecule has 0 saturated carbocycles. The van der Waals surface area contributed by atoms with E-state index in [2.05, 4.69) is 0 Å². The van der Waals surface area contributed by atoms with Crippen LogP contribution in [0.1, 0.15) is 0 Å². The van der Waals surface area contributed by atoms with Gasteiger partial charge < -0.3 is 23.4 Å². The molecule has 0 aliphatic carbocycles. The molecule has 11 rings (SSSR count). The number of para-hydroxylation sites is 1. The van der Waals surface area contributed by atoms with Gasteiger partial charge in [-0.25, -0.2) is 0 Å². The summed E-state index contributed by atoms with van der Waals surface area (Å²) < 4.78 is 60.9. The molecule has 11 aromatic rings. The second-order valence-corrected chi connectivity index (χ2v) is 28.3. The minimum Gasteiger partial charge on any atom is -0.872 e. The van der Waals surface area contributed by atoms with Crippen molar-refractivity contribution in [3.05, 3.63) is 322 Å².